The summed E-state index contributed by atoms with van der Waals surface area (Å²) < 4.78 is 0. The molecule has 4 rings (SSSR count). The number of aromatic carboxylic acids is 1. The van der Waals surface area contributed by atoms with E-state index in [9.17, 15) is 14.7 Å². The summed E-state index contributed by atoms with van der Waals surface area (Å²) in [6, 6.07) is 14.5. The van der Waals surface area contributed by atoms with E-state index in [0.717, 1.165) is 19.3 Å². The summed E-state index contributed by atoms with van der Waals surface area (Å²) in [4.78, 5) is 24.0. The van der Waals surface area contributed by atoms with Crippen LogP contribution in [0.3, 0.4) is 0 Å². The Morgan fingerprint density at radius 2 is 1.76 bits per heavy atom. The number of amides is 1. The number of para-hydroxylation sites is 1. The van der Waals surface area contributed by atoms with Gasteiger partial charge in [0.25, 0.3) is 5.91 Å². The molecule has 5 atom stereocenters. The second kappa shape index (κ2) is 8.07. The van der Waals surface area contributed by atoms with Gasteiger partial charge in [0.05, 0.1) is 5.56 Å². The molecule has 0 bridgehead atoms. The molecule has 2 aromatic rings. The zero-order chi connectivity index (χ0) is 20.5. The average molecular weight is 413 g/mol. The highest BCUT2D eigenvalue weighted by Gasteiger charge is 2.58. The minimum absolute atomic E-state index is 0.0523. The highest BCUT2D eigenvalue weighted by atomic mass is 35.5. The van der Waals surface area contributed by atoms with Crippen LogP contribution in [0.15, 0.2) is 48.5 Å². The summed E-state index contributed by atoms with van der Waals surface area (Å²) in [5, 5.41) is 16.6. The number of rotatable bonds is 7. The van der Waals surface area contributed by atoms with Crippen LogP contribution < -0.4 is 10.6 Å². The molecule has 5 nitrogen and oxygen atoms in total. The molecular formula is C23H25ClN2O3. The lowest BCUT2D eigenvalue weighted by Crippen LogP contribution is -2.38. The number of fused-ring (bicyclic) bond motifs is 1. The number of carbonyl (C=O) groups is 2. The van der Waals surface area contributed by atoms with Crippen molar-refractivity contribution in [2.75, 3.05) is 5.32 Å². The van der Waals surface area contributed by atoms with Gasteiger partial charge < -0.3 is 15.7 Å². The summed E-state index contributed by atoms with van der Waals surface area (Å²) in [6.45, 7) is 2.11. The van der Waals surface area contributed by atoms with Gasteiger partial charge in [-0.1, -0.05) is 30.7 Å². The van der Waals surface area contributed by atoms with Gasteiger partial charge in [-0.25, -0.2) is 4.79 Å². The molecule has 2 aliphatic carbocycles. The minimum atomic E-state index is -0.912. The Bertz CT molecular complexity index is 903. The van der Waals surface area contributed by atoms with Crippen LogP contribution in [0.1, 0.15) is 46.9 Å². The highest BCUT2D eigenvalue weighted by molar-refractivity contribution is 6.30. The molecule has 29 heavy (non-hydrogen) atoms. The summed E-state index contributed by atoms with van der Waals surface area (Å²) in [7, 11) is 0. The van der Waals surface area contributed by atoms with E-state index >= 15 is 0 Å². The maximum absolute atomic E-state index is 12.6. The third-order valence-corrected chi connectivity index (χ3v) is 6.61. The normalized spacial score (nSPS) is 25.7. The molecule has 0 saturated heterocycles. The number of benzene rings is 2. The Labute approximate surface area is 175 Å². The lowest BCUT2D eigenvalue weighted by atomic mass is 9.98. The first-order chi connectivity index (χ1) is 14.0. The van der Waals surface area contributed by atoms with E-state index in [2.05, 4.69) is 17.6 Å². The summed E-state index contributed by atoms with van der Waals surface area (Å²) in [5.41, 5.74) is 1.63. The zero-order valence-corrected chi connectivity index (χ0v) is 17.0. The highest BCUT2D eigenvalue weighted by Crippen LogP contribution is 2.59. The van der Waals surface area contributed by atoms with Crippen molar-refractivity contribution in [3.63, 3.8) is 0 Å². The number of nitrogens with one attached hydrogen (secondary N) is 2. The van der Waals surface area contributed by atoms with E-state index in [1.54, 1.807) is 36.4 Å². The topological polar surface area (TPSA) is 78.4 Å². The van der Waals surface area contributed by atoms with Crippen molar-refractivity contribution in [1.82, 2.24) is 5.32 Å². The molecular weight excluding hydrogens is 388 g/mol. The summed E-state index contributed by atoms with van der Waals surface area (Å²) >= 11 is 5.90. The Hall–Kier alpha value is -2.53. The molecule has 2 saturated carbocycles. The van der Waals surface area contributed by atoms with Crippen LogP contribution in [-0.4, -0.2) is 29.1 Å². The van der Waals surface area contributed by atoms with E-state index in [1.165, 1.54) is 0 Å². The molecule has 1 amide bonds. The molecule has 0 aromatic heterocycles. The first kappa shape index (κ1) is 19.8. The Morgan fingerprint density at radius 3 is 2.38 bits per heavy atom. The van der Waals surface area contributed by atoms with Crippen LogP contribution in [0.25, 0.3) is 0 Å². The van der Waals surface area contributed by atoms with E-state index in [-0.39, 0.29) is 18.0 Å². The third kappa shape index (κ3) is 4.10. The van der Waals surface area contributed by atoms with Gasteiger partial charge in [0.2, 0.25) is 0 Å². The molecule has 2 aliphatic rings. The molecule has 0 heterocycles. The van der Waals surface area contributed by atoms with Gasteiger partial charge in [-0.2, -0.15) is 0 Å². The number of carboxylic acids is 1. The molecule has 2 fully saturated rings. The first-order valence-corrected chi connectivity index (χ1v) is 10.5. The van der Waals surface area contributed by atoms with Crippen LogP contribution in [0.2, 0.25) is 5.02 Å². The van der Waals surface area contributed by atoms with Gasteiger partial charge in [0, 0.05) is 28.4 Å². The van der Waals surface area contributed by atoms with Crippen molar-refractivity contribution >= 4 is 29.2 Å². The van der Waals surface area contributed by atoms with Gasteiger partial charge in [-0.15, -0.1) is 0 Å². The Kier molecular flexibility index (Phi) is 5.50. The van der Waals surface area contributed by atoms with Gasteiger partial charge in [-0.05, 0) is 73.4 Å². The molecule has 2 unspecified atom stereocenters. The van der Waals surface area contributed by atoms with Crippen molar-refractivity contribution in [2.24, 2.45) is 17.8 Å². The Morgan fingerprint density at radius 1 is 1.10 bits per heavy atom. The fraction of sp³-hybridized carbons (Fsp3) is 0.391. The van der Waals surface area contributed by atoms with E-state index in [4.69, 9.17) is 11.6 Å². The smallest absolute Gasteiger partial charge is 0.337 e. The molecule has 152 valence electrons. The van der Waals surface area contributed by atoms with Gasteiger partial charge in [0.15, 0.2) is 0 Å². The number of anilines is 1. The van der Waals surface area contributed by atoms with E-state index in [1.807, 2.05) is 12.1 Å². The van der Waals surface area contributed by atoms with Gasteiger partial charge in [-0.3, -0.25) is 4.79 Å². The predicted octanol–water partition coefficient (Wildman–Crippen LogP) is 4.68. The molecule has 0 aliphatic heterocycles. The van der Waals surface area contributed by atoms with Crippen LogP contribution in [-0.2, 0) is 0 Å². The average Bonchev–Trinajstić information content (AvgIpc) is 3.20. The number of halogens is 1. The molecule has 0 spiro atoms. The molecule has 2 aromatic carbocycles. The van der Waals surface area contributed by atoms with Crippen molar-refractivity contribution in [1.29, 1.82) is 0 Å². The van der Waals surface area contributed by atoms with Crippen LogP contribution >= 0.6 is 11.6 Å². The number of carbonyl (C=O) groups excluding carboxylic acids is 1. The monoisotopic (exact) mass is 412 g/mol. The van der Waals surface area contributed by atoms with E-state index < -0.39 is 5.97 Å². The van der Waals surface area contributed by atoms with Crippen LogP contribution in [0.5, 0.6) is 0 Å². The lowest BCUT2D eigenvalue weighted by Gasteiger charge is -2.23. The molecule has 0 radical (unpaired) electrons. The van der Waals surface area contributed by atoms with Gasteiger partial charge in [0.1, 0.15) is 0 Å². The number of hydrogen-bond acceptors (Lipinski definition) is 3. The number of carboxylic acid groups (broad SMARTS) is 1. The number of hydrogen-bond donors (Lipinski definition) is 3. The zero-order valence-electron chi connectivity index (χ0n) is 16.3. The predicted molar refractivity (Wildman–Crippen MR) is 114 cm³/mol. The van der Waals surface area contributed by atoms with Crippen molar-refractivity contribution < 1.29 is 14.7 Å². The third-order valence-electron chi connectivity index (χ3n) is 6.36. The quantitative estimate of drug-likeness (QED) is 0.616. The first-order valence-electron chi connectivity index (χ1n) is 10.1. The standard InChI is InChI=1S/C23H25ClN2O3/c1-2-19(26-22(27)13-7-9-14(24)10-8-13)21-17-11-15(12-18(17)21)25-20-6-4-3-5-16(20)23(28)29/h3-10,15,17-19,21,25H,2,11-12H2,1H3,(H,26,27)(H,28,29)/t15?,17-,18+,19-,21?/m1/s1. The SMILES string of the molecule is CC[C@@H](NC(=O)c1ccc(Cl)cc1)C1[C@H]2CC(Nc3ccccc3C(=O)O)C[C@@H]12. The fourth-order valence-electron chi connectivity index (χ4n) is 4.95. The van der Waals surface area contributed by atoms with Gasteiger partial charge >= 0.3 is 5.97 Å². The largest absolute Gasteiger partial charge is 0.478 e. The molecule has 6 heteroatoms. The second-order valence-corrected chi connectivity index (χ2v) is 8.50. The summed E-state index contributed by atoms with van der Waals surface area (Å²) in [5.74, 6) is 0.706. The van der Waals surface area contributed by atoms with E-state index in [0.29, 0.717) is 39.6 Å². The Balaban J connectivity index is 1.34. The van der Waals surface area contributed by atoms with Crippen molar-refractivity contribution in [3.8, 4) is 0 Å². The maximum atomic E-state index is 12.6. The summed E-state index contributed by atoms with van der Waals surface area (Å²) in [6.07, 6.45) is 2.92. The second-order valence-electron chi connectivity index (χ2n) is 8.06. The van der Waals surface area contributed by atoms with Crippen LogP contribution in [0.4, 0.5) is 5.69 Å². The lowest BCUT2D eigenvalue weighted by molar-refractivity contribution is 0.0697. The van der Waals surface area contributed by atoms with Crippen molar-refractivity contribution in [3.05, 3.63) is 64.7 Å². The fourth-order valence-corrected chi connectivity index (χ4v) is 5.07. The minimum Gasteiger partial charge on any atom is -0.478 e. The maximum Gasteiger partial charge on any atom is 0.337 e. The molecule has 3 N–H and O–H groups in total. The van der Waals surface area contributed by atoms with Crippen molar-refractivity contribution in [2.45, 2.75) is 38.3 Å². The van der Waals surface area contributed by atoms with Crippen LogP contribution in [0, 0.1) is 17.8 Å².